The van der Waals surface area contributed by atoms with Gasteiger partial charge in [0.2, 0.25) is 5.91 Å². The number of rotatable bonds is 5. The second-order valence-electron chi connectivity index (χ2n) is 4.39. The Balaban J connectivity index is 3.22. The van der Waals surface area contributed by atoms with Crippen LogP contribution in [0.4, 0.5) is 5.69 Å². The van der Waals surface area contributed by atoms with Crippen LogP contribution in [0, 0.1) is 10.1 Å². The molecule has 0 radical (unpaired) electrons. The van der Waals surface area contributed by atoms with E-state index in [0.717, 1.165) is 0 Å². The highest BCUT2D eigenvalue weighted by atomic mass is 79.9. The fraction of sp³-hybridized carbons (Fsp3) is 0.333. The summed E-state index contributed by atoms with van der Waals surface area (Å²) in [5, 5.41) is 10.9. The number of carbonyl (C=O) groups is 2. The third-order valence-electron chi connectivity index (χ3n) is 2.62. The van der Waals surface area contributed by atoms with Crippen LogP contribution in [0.3, 0.4) is 0 Å². The van der Waals surface area contributed by atoms with Gasteiger partial charge in [0, 0.05) is 12.1 Å². The van der Waals surface area contributed by atoms with Crippen LogP contribution in [0.5, 0.6) is 0 Å². The summed E-state index contributed by atoms with van der Waals surface area (Å²) in [7, 11) is 0. The van der Waals surface area contributed by atoms with E-state index in [1.165, 1.54) is 23.1 Å². The quantitative estimate of drug-likeness (QED) is 0.648. The van der Waals surface area contributed by atoms with Crippen LogP contribution in [0.25, 0.3) is 0 Å². The van der Waals surface area contributed by atoms with Gasteiger partial charge >= 0.3 is 0 Å². The molecule has 1 rings (SSSR count). The number of nitro benzene ring substituents is 1. The summed E-state index contributed by atoms with van der Waals surface area (Å²) in [6, 6.07) is 3.89. The molecule has 0 saturated heterocycles. The van der Waals surface area contributed by atoms with Crippen molar-refractivity contribution in [1.29, 1.82) is 0 Å². The molecule has 2 amide bonds. The second-order valence-corrected chi connectivity index (χ2v) is 5.18. The van der Waals surface area contributed by atoms with Gasteiger partial charge < -0.3 is 10.6 Å². The number of hydrogen-bond acceptors (Lipinski definition) is 4. The van der Waals surface area contributed by atoms with E-state index < -0.39 is 16.7 Å². The van der Waals surface area contributed by atoms with Gasteiger partial charge in [-0.25, -0.2) is 0 Å². The van der Waals surface area contributed by atoms with Gasteiger partial charge in [-0.05, 0) is 35.8 Å². The minimum Gasteiger partial charge on any atom is -0.368 e. The summed E-state index contributed by atoms with van der Waals surface area (Å²) >= 11 is 3.06. The van der Waals surface area contributed by atoms with Crippen molar-refractivity contribution in [2.75, 3.05) is 6.54 Å². The highest BCUT2D eigenvalue weighted by Gasteiger charge is 2.25. The van der Waals surface area contributed by atoms with Gasteiger partial charge in [-0.3, -0.25) is 19.7 Å². The second kappa shape index (κ2) is 6.47. The summed E-state index contributed by atoms with van der Waals surface area (Å²) in [5.74, 6) is -1.14. The first kappa shape index (κ1) is 16.1. The summed E-state index contributed by atoms with van der Waals surface area (Å²) in [5.41, 5.74) is 5.02. The first-order chi connectivity index (χ1) is 9.25. The van der Waals surface area contributed by atoms with Gasteiger partial charge in [-0.1, -0.05) is 6.07 Å². The molecule has 0 atom stereocenters. The molecule has 7 nitrogen and oxygen atoms in total. The van der Waals surface area contributed by atoms with Crippen LogP contribution in [-0.4, -0.2) is 34.2 Å². The van der Waals surface area contributed by atoms with Crippen LogP contribution in [0.15, 0.2) is 22.7 Å². The molecule has 1 aromatic rings. The Labute approximate surface area is 124 Å². The number of benzene rings is 1. The molecule has 0 unspecified atom stereocenters. The number of nitro groups is 1. The normalized spacial score (nSPS) is 10.4. The maximum absolute atomic E-state index is 12.4. The molecule has 0 fully saturated rings. The van der Waals surface area contributed by atoms with Gasteiger partial charge in [-0.15, -0.1) is 0 Å². The zero-order valence-electron chi connectivity index (χ0n) is 11.0. The van der Waals surface area contributed by atoms with Gasteiger partial charge in [-0.2, -0.15) is 0 Å². The van der Waals surface area contributed by atoms with Gasteiger partial charge in [0.05, 0.1) is 17.0 Å². The predicted molar refractivity (Wildman–Crippen MR) is 76.2 cm³/mol. The average molecular weight is 344 g/mol. The fourth-order valence-electron chi connectivity index (χ4n) is 1.64. The van der Waals surface area contributed by atoms with Crippen molar-refractivity contribution in [3.05, 3.63) is 38.3 Å². The molecule has 0 aliphatic carbocycles. The Morgan fingerprint density at radius 2 is 2.05 bits per heavy atom. The lowest BCUT2D eigenvalue weighted by Crippen LogP contribution is -2.42. The molecule has 2 N–H and O–H groups in total. The Bertz CT molecular complexity index is 560. The Kier molecular flexibility index (Phi) is 5.20. The molecule has 0 saturated carbocycles. The molecule has 20 heavy (non-hydrogen) atoms. The van der Waals surface area contributed by atoms with Crippen LogP contribution < -0.4 is 5.73 Å². The van der Waals surface area contributed by atoms with Gasteiger partial charge in [0.25, 0.3) is 11.6 Å². The maximum atomic E-state index is 12.4. The monoisotopic (exact) mass is 343 g/mol. The van der Waals surface area contributed by atoms with E-state index in [2.05, 4.69) is 15.9 Å². The number of nitrogens with two attached hydrogens (primary N) is 1. The molecule has 108 valence electrons. The predicted octanol–water partition coefficient (Wildman–Crippen LogP) is 1.69. The first-order valence-electron chi connectivity index (χ1n) is 5.77. The number of halogens is 1. The maximum Gasteiger partial charge on any atom is 0.284 e. The van der Waals surface area contributed by atoms with E-state index in [1.807, 2.05) is 0 Å². The van der Waals surface area contributed by atoms with E-state index in [1.54, 1.807) is 13.8 Å². The molecule has 0 aliphatic heterocycles. The molecule has 8 heteroatoms. The van der Waals surface area contributed by atoms with Crippen molar-refractivity contribution < 1.29 is 14.5 Å². The van der Waals surface area contributed by atoms with Crippen molar-refractivity contribution in [2.24, 2.45) is 5.73 Å². The largest absolute Gasteiger partial charge is 0.368 e. The smallest absolute Gasteiger partial charge is 0.284 e. The molecule has 1 aromatic carbocycles. The summed E-state index contributed by atoms with van der Waals surface area (Å²) in [4.78, 5) is 34.9. The molecule has 0 aromatic heterocycles. The van der Waals surface area contributed by atoms with Crippen molar-refractivity contribution in [2.45, 2.75) is 19.9 Å². The van der Waals surface area contributed by atoms with Crippen LogP contribution in [0.1, 0.15) is 24.2 Å². The minimum absolute atomic E-state index is 0.0881. The van der Waals surface area contributed by atoms with Crippen LogP contribution in [0.2, 0.25) is 0 Å². The summed E-state index contributed by atoms with van der Waals surface area (Å²) < 4.78 is 0.0881. The van der Waals surface area contributed by atoms with E-state index in [4.69, 9.17) is 5.73 Å². The van der Waals surface area contributed by atoms with Crippen molar-refractivity contribution in [3.63, 3.8) is 0 Å². The van der Waals surface area contributed by atoms with Crippen LogP contribution in [-0.2, 0) is 4.79 Å². The number of primary amides is 1. The number of amides is 2. The molecule has 0 spiro atoms. The SMILES string of the molecule is CC(C)N(CC(N)=O)C(=O)c1cccc([N+](=O)[O-])c1Br. The Hall–Kier alpha value is -1.96. The zero-order valence-corrected chi connectivity index (χ0v) is 12.6. The van der Waals surface area contributed by atoms with E-state index >= 15 is 0 Å². The topological polar surface area (TPSA) is 107 Å². The molecular weight excluding hydrogens is 330 g/mol. The summed E-state index contributed by atoms with van der Waals surface area (Å²) in [6.07, 6.45) is 0. The van der Waals surface area contributed by atoms with Crippen molar-refractivity contribution >= 4 is 33.4 Å². The Morgan fingerprint density at radius 1 is 1.45 bits per heavy atom. The molecule has 0 aliphatic rings. The standard InChI is InChI=1S/C12H14BrN3O4/c1-7(2)15(6-10(14)17)12(18)8-4-3-5-9(11(8)13)16(19)20/h3-5,7H,6H2,1-2H3,(H2,14,17). The van der Waals surface area contributed by atoms with Gasteiger partial charge in [0.1, 0.15) is 4.47 Å². The Morgan fingerprint density at radius 3 is 2.50 bits per heavy atom. The van der Waals surface area contributed by atoms with Gasteiger partial charge in [0.15, 0.2) is 0 Å². The van der Waals surface area contributed by atoms with E-state index in [9.17, 15) is 19.7 Å². The highest BCUT2D eigenvalue weighted by molar-refractivity contribution is 9.10. The number of nitrogens with zero attached hydrogens (tertiary/aromatic N) is 2. The lowest BCUT2D eigenvalue weighted by Gasteiger charge is -2.25. The third kappa shape index (κ3) is 3.53. The molecule has 0 bridgehead atoms. The fourth-order valence-corrected chi connectivity index (χ4v) is 2.22. The number of hydrogen-bond donors (Lipinski definition) is 1. The van der Waals surface area contributed by atoms with Crippen molar-refractivity contribution in [3.8, 4) is 0 Å². The lowest BCUT2D eigenvalue weighted by molar-refractivity contribution is -0.385. The number of carbonyl (C=O) groups excluding carboxylic acids is 2. The third-order valence-corrected chi connectivity index (χ3v) is 3.45. The van der Waals surface area contributed by atoms with E-state index in [0.29, 0.717) is 0 Å². The van der Waals surface area contributed by atoms with Crippen LogP contribution >= 0.6 is 15.9 Å². The molecular formula is C12H14BrN3O4. The minimum atomic E-state index is -0.645. The van der Waals surface area contributed by atoms with Crippen molar-refractivity contribution in [1.82, 2.24) is 4.90 Å². The average Bonchev–Trinajstić information content (AvgIpc) is 2.34. The lowest BCUT2D eigenvalue weighted by atomic mass is 10.1. The molecule has 0 heterocycles. The first-order valence-corrected chi connectivity index (χ1v) is 6.57. The summed E-state index contributed by atoms with van der Waals surface area (Å²) in [6.45, 7) is 3.21. The highest BCUT2D eigenvalue weighted by Crippen LogP contribution is 2.29. The zero-order chi connectivity index (χ0) is 15.4. The van der Waals surface area contributed by atoms with E-state index in [-0.39, 0.29) is 28.3 Å².